The van der Waals surface area contributed by atoms with Gasteiger partial charge in [-0.2, -0.15) is 0 Å². The summed E-state index contributed by atoms with van der Waals surface area (Å²) >= 11 is 3.58. The van der Waals surface area contributed by atoms with E-state index in [1.807, 2.05) is 30.5 Å². The molecule has 0 aliphatic rings. The van der Waals surface area contributed by atoms with E-state index < -0.39 is 5.91 Å². The Morgan fingerprint density at radius 1 is 1.21 bits per heavy atom. The van der Waals surface area contributed by atoms with E-state index in [9.17, 15) is 4.79 Å². The Morgan fingerprint density at radius 2 is 1.84 bits per heavy atom. The molecule has 2 N–H and O–H groups in total. The van der Waals surface area contributed by atoms with E-state index in [0.717, 1.165) is 23.2 Å². The van der Waals surface area contributed by atoms with Crippen molar-refractivity contribution in [3.05, 3.63) is 53.9 Å². The summed E-state index contributed by atoms with van der Waals surface area (Å²) in [4.78, 5) is 15.7. The maximum atomic E-state index is 11.0. The Balaban J connectivity index is 2.24. The lowest BCUT2D eigenvalue weighted by molar-refractivity contribution is 0.100. The summed E-state index contributed by atoms with van der Waals surface area (Å²) in [5.74, 6) is -0.412. The summed E-state index contributed by atoms with van der Waals surface area (Å²) in [5, 5.41) is 0. The predicted octanol–water partition coefficient (Wildman–Crippen LogP) is 3.69. The molecule has 0 spiro atoms. The fourth-order valence-corrected chi connectivity index (χ4v) is 2.07. The first-order chi connectivity index (χ1) is 9.11. The predicted molar refractivity (Wildman–Crippen MR) is 80.1 cm³/mol. The number of amides is 1. The SMILES string of the molecule is CCC(Br)c1ccc(-c2ccc(C(N)=O)cc2)cn1. The molecule has 0 fully saturated rings. The average Bonchev–Trinajstić information content (AvgIpc) is 2.46. The standard InChI is InChI=1S/C15H15BrN2O/c1-2-13(16)14-8-7-12(9-18-14)10-3-5-11(6-4-10)15(17)19/h3-9,13H,2H2,1H3,(H2,17,19). The van der Waals surface area contributed by atoms with Crippen molar-refractivity contribution < 1.29 is 4.79 Å². The second-order valence-electron chi connectivity index (χ2n) is 4.29. The van der Waals surface area contributed by atoms with Crippen LogP contribution in [-0.2, 0) is 0 Å². The van der Waals surface area contributed by atoms with E-state index in [0.29, 0.717) is 10.4 Å². The van der Waals surface area contributed by atoms with Crippen LogP contribution in [0.2, 0.25) is 0 Å². The lowest BCUT2D eigenvalue weighted by Crippen LogP contribution is -2.10. The third kappa shape index (κ3) is 3.20. The Bertz CT molecular complexity index is 564. The lowest BCUT2D eigenvalue weighted by Gasteiger charge is -2.07. The molecule has 1 aromatic carbocycles. The van der Waals surface area contributed by atoms with E-state index >= 15 is 0 Å². The van der Waals surface area contributed by atoms with Crippen LogP contribution in [0.4, 0.5) is 0 Å². The molecule has 1 atom stereocenters. The number of primary amides is 1. The molecule has 2 rings (SSSR count). The maximum Gasteiger partial charge on any atom is 0.248 e. The van der Waals surface area contributed by atoms with Crippen molar-refractivity contribution in [2.75, 3.05) is 0 Å². The van der Waals surface area contributed by atoms with Crippen LogP contribution in [0.3, 0.4) is 0 Å². The number of rotatable bonds is 4. The molecular formula is C15H15BrN2O. The Labute approximate surface area is 121 Å². The molecule has 0 saturated carbocycles. The second-order valence-corrected chi connectivity index (χ2v) is 5.39. The fourth-order valence-electron chi connectivity index (χ4n) is 1.80. The van der Waals surface area contributed by atoms with Gasteiger partial charge in [-0.3, -0.25) is 9.78 Å². The van der Waals surface area contributed by atoms with Crippen molar-refractivity contribution in [3.8, 4) is 11.1 Å². The smallest absolute Gasteiger partial charge is 0.248 e. The number of alkyl halides is 1. The van der Waals surface area contributed by atoms with E-state index in [1.54, 1.807) is 12.1 Å². The van der Waals surface area contributed by atoms with E-state index in [2.05, 4.69) is 27.8 Å². The van der Waals surface area contributed by atoms with Gasteiger partial charge in [0.05, 0.1) is 10.5 Å². The molecule has 1 amide bonds. The van der Waals surface area contributed by atoms with Crippen LogP contribution < -0.4 is 5.73 Å². The summed E-state index contributed by atoms with van der Waals surface area (Å²) in [6, 6.07) is 11.3. The number of nitrogens with zero attached hydrogens (tertiary/aromatic N) is 1. The molecule has 0 saturated heterocycles. The molecular weight excluding hydrogens is 304 g/mol. The molecule has 3 nitrogen and oxygen atoms in total. The van der Waals surface area contributed by atoms with E-state index in [1.165, 1.54) is 0 Å². The fraction of sp³-hybridized carbons (Fsp3) is 0.200. The molecule has 98 valence electrons. The van der Waals surface area contributed by atoms with Gasteiger partial charge < -0.3 is 5.73 Å². The topological polar surface area (TPSA) is 56.0 Å². The number of halogens is 1. The number of hydrogen-bond acceptors (Lipinski definition) is 2. The van der Waals surface area contributed by atoms with Crippen LogP contribution >= 0.6 is 15.9 Å². The van der Waals surface area contributed by atoms with Crippen molar-refractivity contribution in [2.45, 2.75) is 18.2 Å². The van der Waals surface area contributed by atoms with E-state index in [4.69, 9.17) is 5.73 Å². The molecule has 1 heterocycles. The first kappa shape index (κ1) is 13.7. The number of carbonyl (C=O) groups is 1. The normalized spacial score (nSPS) is 12.1. The number of carbonyl (C=O) groups excluding carboxylic acids is 1. The zero-order valence-corrected chi connectivity index (χ0v) is 12.2. The zero-order chi connectivity index (χ0) is 13.8. The molecule has 1 aromatic heterocycles. The number of aromatic nitrogens is 1. The third-order valence-corrected chi connectivity index (χ3v) is 4.09. The third-order valence-electron chi connectivity index (χ3n) is 2.97. The number of hydrogen-bond donors (Lipinski definition) is 1. The molecule has 0 aliphatic carbocycles. The minimum Gasteiger partial charge on any atom is -0.366 e. The first-order valence-corrected chi connectivity index (χ1v) is 7.03. The summed E-state index contributed by atoms with van der Waals surface area (Å²) in [5.41, 5.74) is 8.80. The van der Waals surface area contributed by atoms with Crippen LogP contribution in [-0.4, -0.2) is 10.9 Å². The molecule has 4 heteroatoms. The molecule has 2 aromatic rings. The summed E-state index contributed by atoms with van der Waals surface area (Å²) in [6.45, 7) is 2.11. The van der Waals surface area contributed by atoms with E-state index in [-0.39, 0.29) is 0 Å². The largest absolute Gasteiger partial charge is 0.366 e. The molecule has 0 aliphatic heterocycles. The van der Waals surface area contributed by atoms with Gasteiger partial charge in [0.1, 0.15) is 0 Å². The Hall–Kier alpha value is -1.68. The number of nitrogens with two attached hydrogens (primary N) is 1. The van der Waals surface area contributed by atoms with Gasteiger partial charge in [0.15, 0.2) is 0 Å². The van der Waals surface area contributed by atoms with Crippen molar-refractivity contribution in [1.82, 2.24) is 4.98 Å². The van der Waals surface area contributed by atoms with Crippen molar-refractivity contribution in [2.24, 2.45) is 5.73 Å². The summed E-state index contributed by atoms with van der Waals surface area (Å²) in [6.07, 6.45) is 2.85. The lowest BCUT2D eigenvalue weighted by atomic mass is 10.0. The molecule has 0 bridgehead atoms. The minimum atomic E-state index is -0.412. The van der Waals surface area contributed by atoms with Crippen molar-refractivity contribution in [3.63, 3.8) is 0 Å². The van der Waals surface area contributed by atoms with Crippen LogP contribution in [0, 0.1) is 0 Å². The van der Waals surface area contributed by atoms with Gasteiger partial charge in [0.25, 0.3) is 0 Å². The summed E-state index contributed by atoms with van der Waals surface area (Å²) < 4.78 is 0. The Kier molecular flexibility index (Phi) is 4.32. The van der Waals surface area contributed by atoms with Crippen LogP contribution in [0.1, 0.15) is 34.2 Å². The minimum absolute atomic E-state index is 0.291. The second kappa shape index (κ2) is 5.97. The average molecular weight is 319 g/mol. The van der Waals surface area contributed by atoms with Gasteiger partial charge in [-0.25, -0.2) is 0 Å². The quantitative estimate of drug-likeness (QED) is 0.874. The van der Waals surface area contributed by atoms with Gasteiger partial charge in [-0.1, -0.05) is 41.1 Å². The zero-order valence-electron chi connectivity index (χ0n) is 10.6. The molecule has 0 radical (unpaired) electrons. The van der Waals surface area contributed by atoms with Gasteiger partial charge in [0, 0.05) is 17.3 Å². The summed E-state index contributed by atoms with van der Waals surface area (Å²) in [7, 11) is 0. The number of benzene rings is 1. The van der Waals surface area contributed by atoms with Crippen LogP contribution in [0.25, 0.3) is 11.1 Å². The van der Waals surface area contributed by atoms with Crippen LogP contribution in [0.15, 0.2) is 42.6 Å². The van der Waals surface area contributed by atoms with Crippen molar-refractivity contribution in [1.29, 1.82) is 0 Å². The first-order valence-electron chi connectivity index (χ1n) is 6.12. The highest BCUT2D eigenvalue weighted by Crippen LogP contribution is 2.26. The number of pyridine rings is 1. The highest BCUT2D eigenvalue weighted by atomic mass is 79.9. The van der Waals surface area contributed by atoms with Crippen molar-refractivity contribution >= 4 is 21.8 Å². The molecule has 1 unspecified atom stereocenters. The highest BCUT2D eigenvalue weighted by molar-refractivity contribution is 9.09. The maximum absolute atomic E-state index is 11.0. The van der Waals surface area contributed by atoms with Gasteiger partial charge in [-0.15, -0.1) is 0 Å². The van der Waals surface area contributed by atoms with Gasteiger partial charge >= 0.3 is 0 Å². The monoisotopic (exact) mass is 318 g/mol. The van der Waals surface area contributed by atoms with Crippen LogP contribution in [0.5, 0.6) is 0 Å². The van der Waals surface area contributed by atoms with Gasteiger partial charge in [0.2, 0.25) is 5.91 Å². The Morgan fingerprint density at radius 3 is 2.32 bits per heavy atom. The van der Waals surface area contributed by atoms with Gasteiger partial charge in [-0.05, 0) is 30.2 Å². The molecule has 19 heavy (non-hydrogen) atoms. The highest BCUT2D eigenvalue weighted by Gasteiger charge is 2.07.